The predicted octanol–water partition coefficient (Wildman–Crippen LogP) is 5.56. The van der Waals surface area contributed by atoms with Crippen LogP contribution in [0.1, 0.15) is 33.0 Å². The molecule has 0 unspecified atom stereocenters. The van der Waals surface area contributed by atoms with Crippen molar-refractivity contribution in [3.63, 3.8) is 0 Å². The number of amides is 1. The second-order valence-electron chi connectivity index (χ2n) is 6.33. The molecule has 1 aromatic heterocycles. The summed E-state index contributed by atoms with van der Waals surface area (Å²) < 4.78 is 12.0. The van der Waals surface area contributed by atoms with Gasteiger partial charge in [0.25, 0.3) is 5.91 Å². The van der Waals surface area contributed by atoms with E-state index in [0.717, 1.165) is 16.9 Å². The average molecular weight is 439 g/mol. The van der Waals surface area contributed by atoms with E-state index >= 15 is 0 Å². The maximum absolute atomic E-state index is 12.6. The zero-order valence-corrected chi connectivity index (χ0v) is 17.2. The van der Waals surface area contributed by atoms with Crippen LogP contribution in [0.5, 0.6) is 5.75 Å². The van der Waals surface area contributed by atoms with Crippen LogP contribution in [0.25, 0.3) is 0 Å². The fourth-order valence-corrected chi connectivity index (χ4v) is 3.35. The Morgan fingerprint density at radius 2 is 1.89 bits per heavy atom. The molecule has 0 atom stereocenters. The van der Waals surface area contributed by atoms with Crippen molar-refractivity contribution in [1.29, 1.82) is 5.26 Å². The summed E-state index contributed by atoms with van der Waals surface area (Å²) >= 11 is 3.40. The zero-order chi connectivity index (χ0) is 20.1. The highest BCUT2D eigenvalue weighted by molar-refractivity contribution is 9.10. The lowest BCUT2D eigenvalue weighted by atomic mass is 10.1. The van der Waals surface area contributed by atoms with Gasteiger partial charge in [0.2, 0.25) is 0 Å². The Balaban J connectivity index is 1.65. The van der Waals surface area contributed by atoms with Crippen molar-refractivity contribution in [3.8, 4) is 11.8 Å². The Hall–Kier alpha value is -3.04. The number of ether oxygens (including phenoxy) is 1. The fraction of sp³-hybridized carbons (Fsp3) is 0.182. The van der Waals surface area contributed by atoms with Crippen LogP contribution >= 0.6 is 15.9 Å². The molecule has 0 aliphatic heterocycles. The SMILES string of the molecule is Cc1oc(C)c(C(=O)Nc2cccc(COc3ccc(CC#N)cc3)c2)c1Br. The van der Waals surface area contributed by atoms with Gasteiger partial charge in [0.05, 0.1) is 22.5 Å². The Morgan fingerprint density at radius 1 is 1.14 bits per heavy atom. The molecule has 0 aliphatic carbocycles. The summed E-state index contributed by atoms with van der Waals surface area (Å²) in [4.78, 5) is 12.6. The van der Waals surface area contributed by atoms with Crippen LogP contribution in [0, 0.1) is 25.2 Å². The Morgan fingerprint density at radius 3 is 2.54 bits per heavy atom. The van der Waals surface area contributed by atoms with E-state index in [4.69, 9.17) is 14.4 Å². The van der Waals surface area contributed by atoms with E-state index in [1.54, 1.807) is 13.8 Å². The average Bonchev–Trinajstić information content (AvgIpc) is 2.93. The van der Waals surface area contributed by atoms with Crippen LogP contribution in [0.3, 0.4) is 0 Å². The number of nitrogens with zero attached hydrogens (tertiary/aromatic N) is 1. The first-order chi connectivity index (χ1) is 13.5. The highest BCUT2D eigenvalue weighted by Gasteiger charge is 2.19. The molecule has 0 fully saturated rings. The molecule has 1 amide bonds. The van der Waals surface area contributed by atoms with Gasteiger partial charge in [-0.05, 0) is 65.2 Å². The molecule has 0 aliphatic rings. The van der Waals surface area contributed by atoms with Gasteiger partial charge in [0.15, 0.2) is 0 Å². The summed E-state index contributed by atoms with van der Waals surface area (Å²) in [6, 6.07) is 17.1. The third kappa shape index (κ3) is 4.62. The molecule has 2 aromatic carbocycles. The van der Waals surface area contributed by atoms with Crippen molar-refractivity contribution in [1.82, 2.24) is 0 Å². The number of furan rings is 1. The first-order valence-electron chi connectivity index (χ1n) is 8.72. The van der Waals surface area contributed by atoms with Crippen molar-refractivity contribution in [3.05, 3.63) is 81.2 Å². The van der Waals surface area contributed by atoms with Gasteiger partial charge in [-0.15, -0.1) is 0 Å². The summed E-state index contributed by atoms with van der Waals surface area (Å²) in [5.74, 6) is 1.74. The number of hydrogen-bond acceptors (Lipinski definition) is 4. The molecule has 28 heavy (non-hydrogen) atoms. The molecule has 1 N–H and O–H groups in total. The number of aryl methyl sites for hydroxylation is 2. The van der Waals surface area contributed by atoms with Crippen LogP contribution < -0.4 is 10.1 Å². The smallest absolute Gasteiger partial charge is 0.260 e. The number of anilines is 1. The van der Waals surface area contributed by atoms with Crippen LogP contribution in [-0.2, 0) is 13.0 Å². The van der Waals surface area contributed by atoms with E-state index < -0.39 is 0 Å². The molecule has 5 nitrogen and oxygen atoms in total. The summed E-state index contributed by atoms with van der Waals surface area (Å²) in [5, 5.41) is 11.6. The molecule has 3 rings (SSSR count). The zero-order valence-electron chi connectivity index (χ0n) is 15.6. The van der Waals surface area contributed by atoms with Crippen molar-refractivity contribution in [2.45, 2.75) is 26.9 Å². The third-order valence-corrected chi connectivity index (χ3v) is 5.17. The molecule has 0 bridgehead atoms. The van der Waals surface area contributed by atoms with E-state index in [1.165, 1.54) is 0 Å². The Bertz CT molecular complexity index is 1030. The second kappa shape index (κ2) is 8.77. The second-order valence-corrected chi connectivity index (χ2v) is 7.12. The van der Waals surface area contributed by atoms with E-state index in [0.29, 0.717) is 40.3 Å². The molecule has 0 saturated heterocycles. The van der Waals surface area contributed by atoms with Crippen LogP contribution in [0.4, 0.5) is 5.69 Å². The lowest BCUT2D eigenvalue weighted by Crippen LogP contribution is -2.13. The lowest BCUT2D eigenvalue weighted by Gasteiger charge is -2.09. The molecule has 6 heteroatoms. The highest BCUT2D eigenvalue weighted by atomic mass is 79.9. The maximum atomic E-state index is 12.6. The lowest BCUT2D eigenvalue weighted by molar-refractivity contribution is 0.102. The Kier molecular flexibility index (Phi) is 6.17. The summed E-state index contributed by atoms with van der Waals surface area (Å²) in [7, 11) is 0. The quantitative estimate of drug-likeness (QED) is 0.546. The number of carbonyl (C=O) groups excluding carboxylic acids is 1. The highest BCUT2D eigenvalue weighted by Crippen LogP contribution is 2.28. The van der Waals surface area contributed by atoms with Gasteiger partial charge in [-0.25, -0.2) is 0 Å². The van der Waals surface area contributed by atoms with Gasteiger partial charge in [-0.1, -0.05) is 24.3 Å². The Labute approximate surface area is 172 Å². The summed E-state index contributed by atoms with van der Waals surface area (Å²) in [6.45, 7) is 3.94. The topological polar surface area (TPSA) is 75.3 Å². The number of nitriles is 1. The number of nitrogens with one attached hydrogen (secondary N) is 1. The molecule has 0 saturated carbocycles. The molecule has 1 heterocycles. The van der Waals surface area contributed by atoms with Gasteiger partial charge in [-0.2, -0.15) is 5.26 Å². The van der Waals surface area contributed by atoms with Crippen molar-refractivity contribution in [2.75, 3.05) is 5.32 Å². The minimum Gasteiger partial charge on any atom is -0.489 e. The number of hydrogen-bond donors (Lipinski definition) is 1. The minimum atomic E-state index is -0.229. The fourth-order valence-electron chi connectivity index (χ4n) is 2.81. The molecular formula is C22H19BrN2O3. The first kappa shape index (κ1) is 19.7. The molecule has 0 radical (unpaired) electrons. The van der Waals surface area contributed by atoms with Crippen molar-refractivity contribution >= 4 is 27.5 Å². The van der Waals surface area contributed by atoms with E-state index in [2.05, 4.69) is 27.3 Å². The maximum Gasteiger partial charge on any atom is 0.260 e. The standard InChI is InChI=1S/C22H19BrN2O3/c1-14-20(21(23)15(2)28-14)22(26)25-18-5-3-4-17(12-18)13-27-19-8-6-16(7-9-19)10-11-24/h3-9,12H,10,13H2,1-2H3,(H,25,26). The molecular weight excluding hydrogens is 420 g/mol. The number of benzene rings is 2. The summed E-state index contributed by atoms with van der Waals surface area (Å²) in [6.07, 6.45) is 0.383. The molecule has 3 aromatic rings. The van der Waals surface area contributed by atoms with Crippen LogP contribution in [0.15, 0.2) is 57.4 Å². The normalized spacial score (nSPS) is 10.4. The van der Waals surface area contributed by atoms with Gasteiger partial charge >= 0.3 is 0 Å². The predicted molar refractivity (Wildman–Crippen MR) is 110 cm³/mol. The van der Waals surface area contributed by atoms with E-state index in [9.17, 15) is 4.79 Å². The third-order valence-electron chi connectivity index (χ3n) is 4.21. The first-order valence-corrected chi connectivity index (χ1v) is 9.51. The molecule has 0 spiro atoms. The van der Waals surface area contributed by atoms with Crippen molar-refractivity contribution < 1.29 is 13.9 Å². The largest absolute Gasteiger partial charge is 0.489 e. The van der Waals surface area contributed by atoms with Gasteiger partial charge in [0, 0.05) is 5.69 Å². The van der Waals surface area contributed by atoms with Gasteiger partial charge < -0.3 is 14.5 Å². The minimum absolute atomic E-state index is 0.229. The van der Waals surface area contributed by atoms with Crippen LogP contribution in [0.2, 0.25) is 0 Å². The van der Waals surface area contributed by atoms with E-state index in [1.807, 2.05) is 48.5 Å². The summed E-state index contributed by atoms with van der Waals surface area (Å²) in [5.41, 5.74) is 3.06. The number of carbonyl (C=O) groups is 1. The number of rotatable bonds is 6. The van der Waals surface area contributed by atoms with E-state index in [-0.39, 0.29) is 5.91 Å². The van der Waals surface area contributed by atoms with Crippen molar-refractivity contribution in [2.24, 2.45) is 0 Å². The number of halogens is 1. The van der Waals surface area contributed by atoms with Crippen LogP contribution in [-0.4, -0.2) is 5.91 Å². The monoisotopic (exact) mass is 438 g/mol. The van der Waals surface area contributed by atoms with Gasteiger partial charge in [-0.3, -0.25) is 4.79 Å². The van der Waals surface area contributed by atoms with Gasteiger partial charge in [0.1, 0.15) is 23.9 Å². The molecule has 142 valence electrons.